The van der Waals surface area contributed by atoms with Gasteiger partial charge in [0.15, 0.2) is 0 Å². The second-order valence-electron chi connectivity index (χ2n) is 6.47. The molecular weight excluding hydrogens is 368 g/mol. The number of hydrogen-bond acceptors (Lipinski definition) is 4. The lowest BCUT2D eigenvalue weighted by molar-refractivity contribution is 0.0975. The minimum absolute atomic E-state index is 0.0162. The molecule has 5 heteroatoms. The van der Waals surface area contributed by atoms with Crippen molar-refractivity contribution in [3.8, 4) is 5.75 Å². The first-order valence-corrected chi connectivity index (χ1v) is 10.5. The molecule has 0 saturated heterocycles. The zero-order chi connectivity index (χ0) is 19.5. The molecule has 0 bridgehead atoms. The molecule has 0 aliphatic carbocycles. The van der Waals surface area contributed by atoms with Crippen LogP contribution in [0.3, 0.4) is 0 Å². The van der Waals surface area contributed by atoms with Gasteiger partial charge in [-0.05, 0) is 67.3 Å². The van der Waals surface area contributed by atoms with E-state index in [0.29, 0.717) is 12.2 Å². The Labute approximate surface area is 169 Å². The number of para-hydroxylation sites is 1. The molecule has 1 amide bonds. The molecule has 1 heterocycles. The van der Waals surface area contributed by atoms with Crippen molar-refractivity contribution >= 4 is 29.0 Å². The quantitative estimate of drug-likeness (QED) is 0.578. The predicted octanol–water partition coefficient (Wildman–Crippen LogP) is 5.58. The molecular formula is C23H22N2O2S. The highest BCUT2D eigenvalue weighted by molar-refractivity contribution is 7.98. The van der Waals surface area contributed by atoms with E-state index in [1.54, 1.807) is 11.8 Å². The molecule has 0 unspecified atom stereocenters. The summed E-state index contributed by atoms with van der Waals surface area (Å²) in [7, 11) is 0. The van der Waals surface area contributed by atoms with Crippen LogP contribution in [0.15, 0.2) is 77.7 Å². The van der Waals surface area contributed by atoms with Crippen LogP contribution >= 0.6 is 11.8 Å². The standard InChI is InChI=1S/C23H22N2O2S/c1-3-27-18-12-10-17(11-13-18)25-22(16-8-14-19(28-2)15-9-16)24-21-7-5-4-6-20(21)23(25)26/h4-15,22,24H,3H2,1-2H3/t22-/m1/s1. The van der Waals surface area contributed by atoms with Gasteiger partial charge in [-0.3, -0.25) is 9.69 Å². The largest absolute Gasteiger partial charge is 0.494 e. The van der Waals surface area contributed by atoms with Gasteiger partial charge in [0.25, 0.3) is 5.91 Å². The van der Waals surface area contributed by atoms with E-state index in [-0.39, 0.29) is 12.1 Å². The second-order valence-corrected chi connectivity index (χ2v) is 7.35. The zero-order valence-electron chi connectivity index (χ0n) is 15.9. The molecule has 3 aromatic carbocycles. The first-order valence-electron chi connectivity index (χ1n) is 9.27. The van der Waals surface area contributed by atoms with Crippen molar-refractivity contribution in [1.82, 2.24) is 0 Å². The van der Waals surface area contributed by atoms with E-state index < -0.39 is 0 Å². The maximum Gasteiger partial charge on any atom is 0.262 e. The fraction of sp³-hybridized carbons (Fsp3) is 0.174. The average Bonchev–Trinajstić information content (AvgIpc) is 2.75. The molecule has 4 rings (SSSR count). The monoisotopic (exact) mass is 390 g/mol. The Balaban J connectivity index is 1.77. The molecule has 1 atom stereocenters. The van der Waals surface area contributed by atoms with Crippen LogP contribution in [0.25, 0.3) is 0 Å². The Kier molecular flexibility index (Phi) is 5.26. The van der Waals surface area contributed by atoms with Crippen LogP contribution in [0.2, 0.25) is 0 Å². The van der Waals surface area contributed by atoms with Crippen LogP contribution in [-0.2, 0) is 0 Å². The fourth-order valence-corrected chi connectivity index (χ4v) is 3.82. The molecule has 1 aliphatic rings. The number of nitrogens with zero attached hydrogens (tertiary/aromatic N) is 1. The smallest absolute Gasteiger partial charge is 0.262 e. The normalized spacial score (nSPS) is 15.7. The first kappa shape index (κ1) is 18.4. The SMILES string of the molecule is CCOc1ccc(N2C(=O)c3ccccc3N[C@H]2c2ccc(SC)cc2)cc1. The van der Waals surface area contributed by atoms with Gasteiger partial charge in [0.1, 0.15) is 11.9 Å². The molecule has 0 fully saturated rings. The number of ether oxygens (including phenoxy) is 1. The van der Waals surface area contributed by atoms with Crippen molar-refractivity contribution in [1.29, 1.82) is 0 Å². The summed E-state index contributed by atoms with van der Waals surface area (Å²) in [5.74, 6) is 0.780. The van der Waals surface area contributed by atoms with Crippen molar-refractivity contribution < 1.29 is 9.53 Å². The average molecular weight is 391 g/mol. The second kappa shape index (κ2) is 7.98. The minimum Gasteiger partial charge on any atom is -0.494 e. The van der Waals surface area contributed by atoms with E-state index in [1.807, 2.05) is 60.4 Å². The number of anilines is 2. The summed E-state index contributed by atoms with van der Waals surface area (Å²) in [6.45, 7) is 2.57. The number of hydrogen-bond donors (Lipinski definition) is 1. The summed E-state index contributed by atoms with van der Waals surface area (Å²) < 4.78 is 5.55. The zero-order valence-corrected chi connectivity index (χ0v) is 16.7. The number of nitrogens with one attached hydrogen (secondary N) is 1. The summed E-state index contributed by atoms with van der Waals surface area (Å²) in [6, 6.07) is 23.6. The lowest BCUT2D eigenvalue weighted by Gasteiger charge is -2.38. The van der Waals surface area contributed by atoms with Gasteiger partial charge in [-0.15, -0.1) is 11.8 Å². The first-order chi connectivity index (χ1) is 13.7. The Morgan fingerprint density at radius 2 is 1.71 bits per heavy atom. The highest BCUT2D eigenvalue weighted by Gasteiger charge is 2.33. The van der Waals surface area contributed by atoms with E-state index in [1.165, 1.54) is 4.90 Å². The van der Waals surface area contributed by atoms with Crippen molar-refractivity contribution in [2.24, 2.45) is 0 Å². The molecule has 3 aromatic rings. The van der Waals surface area contributed by atoms with Crippen molar-refractivity contribution in [3.05, 3.63) is 83.9 Å². The van der Waals surface area contributed by atoms with E-state index >= 15 is 0 Å². The van der Waals surface area contributed by atoms with Gasteiger partial charge in [0.05, 0.1) is 12.2 Å². The Morgan fingerprint density at radius 1 is 1.00 bits per heavy atom. The van der Waals surface area contributed by atoms with Crippen LogP contribution in [0.1, 0.15) is 29.0 Å². The van der Waals surface area contributed by atoms with Crippen LogP contribution < -0.4 is 15.0 Å². The highest BCUT2D eigenvalue weighted by atomic mass is 32.2. The summed E-state index contributed by atoms with van der Waals surface area (Å²) in [4.78, 5) is 16.4. The van der Waals surface area contributed by atoms with Gasteiger partial charge in [-0.2, -0.15) is 0 Å². The number of amides is 1. The molecule has 1 aliphatic heterocycles. The predicted molar refractivity (Wildman–Crippen MR) is 115 cm³/mol. The number of fused-ring (bicyclic) bond motifs is 1. The summed E-state index contributed by atoms with van der Waals surface area (Å²) in [5, 5.41) is 3.54. The molecule has 4 nitrogen and oxygen atoms in total. The number of thioether (sulfide) groups is 1. The Bertz CT molecular complexity index is 971. The van der Waals surface area contributed by atoms with Crippen LogP contribution in [-0.4, -0.2) is 18.8 Å². The molecule has 28 heavy (non-hydrogen) atoms. The van der Waals surface area contributed by atoms with Gasteiger partial charge in [-0.1, -0.05) is 24.3 Å². The molecule has 0 aromatic heterocycles. The molecule has 0 saturated carbocycles. The minimum atomic E-state index is -0.281. The van der Waals surface area contributed by atoms with Gasteiger partial charge in [0, 0.05) is 16.3 Å². The van der Waals surface area contributed by atoms with Gasteiger partial charge in [-0.25, -0.2) is 0 Å². The highest BCUT2D eigenvalue weighted by Crippen LogP contribution is 2.37. The maximum absolute atomic E-state index is 13.4. The number of carbonyl (C=O) groups is 1. The third kappa shape index (κ3) is 3.45. The number of rotatable bonds is 5. The van der Waals surface area contributed by atoms with Crippen LogP contribution in [0.4, 0.5) is 11.4 Å². The lowest BCUT2D eigenvalue weighted by atomic mass is 10.0. The third-order valence-corrected chi connectivity index (χ3v) is 5.53. The summed E-state index contributed by atoms with van der Waals surface area (Å²) in [6.07, 6.45) is 1.77. The van der Waals surface area contributed by atoms with Crippen LogP contribution in [0.5, 0.6) is 5.75 Å². The van der Waals surface area contributed by atoms with Gasteiger partial charge in [0.2, 0.25) is 0 Å². The topological polar surface area (TPSA) is 41.6 Å². The van der Waals surface area contributed by atoms with E-state index in [4.69, 9.17) is 4.74 Å². The molecule has 0 radical (unpaired) electrons. The summed E-state index contributed by atoms with van der Waals surface area (Å²) in [5.41, 5.74) is 3.39. The molecule has 142 valence electrons. The maximum atomic E-state index is 13.4. The van der Waals surface area contributed by atoms with E-state index in [2.05, 4.69) is 35.8 Å². The van der Waals surface area contributed by atoms with Crippen molar-refractivity contribution in [3.63, 3.8) is 0 Å². The third-order valence-electron chi connectivity index (χ3n) is 4.78. The fourth-order valence-electron chi connectivity index (χ4n) is 3.41. The van der Waals surface area contributed by atoms with Crippen molar-refractivity contribution in [2.75, 3.05) is 23.1 Å². The van der Waals surface area contributed by atoms with Crippen molar-refractivity contribution in [2.45, 2.75) is 18.0 Å². The van der Waals surface area contributed by atoms with E-state index in [0.717, 1.165) is 22.7 Å². The Hall–Kier alpha value is -2.92. The number of benzene rings is 3. The number of carbonyl (C=O) groups excluding carboxylic acids is 1. The van der Waals surface area contributed by atoms with Gasteiger partial charge >= 0.3 is 0 Å². The Morgan fingerprint density at radius 3 is 2.39 bits per heavy atom. The van der Waals surface area contributed by atoms with E-state index in [9.17, 15) is 4.79 Å². The van der Waals surface area contributed by atoms with Gasteiger partial charge < -0.3 is 10.1 Å². The summed E-state index contributed by atoms with van der Waals surface area (Å²) >= 11 is 1.70. The molecule has 0 spiro atoms. The molecule has 1 N–H and O–H groups in total. The van der Waals surface area contributed by atoms with Crippen LogP contribution in [0, 0.1) is 0 Å². The lowest BCUT2D eigenvalue weighted by Crippen LogP contribution is -2.43.